The van der Waals surface area contributed by atoms with E-state index < -0.39 is 12.2 Å². The molecule has 2 rings (SSSR count). The third-order valence-corrected chi connectivity index (χ3v) is 2.28. The topological polar surface area (TPSA) is 24.9 Å². The molecule has 0 aliphatic rings. The number of halogens is 3. The summed E-state index contributed by atoms with van der Waals surface area (Å²) >= 11 is 0. The van der Waals surface area contributed by atoms with Gasteiger partial charge < -0.3 is 5.32 Å². The maximum Gasteiger partial charge on any atom is 0.280 e. The van der Waals surface area contributed by atoms with Gasteiger partial charge in [-0.25, -0.2) is 18.2 Å². The van der Waals surface area contributed by atoms with Crippen molar-refractivity contribution in [2.24, 2.45) is 0 Å². The molecule has 0 fully saturated rings. The number of aromatic nitrogens is 1. The van der Waals surface area contributed by atoms with Gasteiger partial charge in [0, 0.05) is 18.1 Å². The van der Waals surface area contributed by atoms with Gasteiger partial charge in [-0.3, -0.25) is 0 Å². The van der Waals surface area contributed by atoms with Crippen molar-refractivity contribution in [3.8, 4) is 0 Å². The summed E-state index contributed by atoms with van der Waals surface area (Å²) in [5.41, 5.74) is 0.479. The molecule has 1 N–H and O–H groups in total. The van der Waals surface area contributed by atoms with Crippen LogP contribution < -0.4 is 5.32 Å². The fraction of sp³-hybridized carbons (Fsp3) is 0.182. The molecule has 2 nitrogen and oxygen atoms in total. The fourth-order valence-corrected chi connectivity index (χ4v) is 1.54. The van der Waals surface area contributed by atoms with Crippen LogP contribution in [0.3, 0.4) is 0 Å². The van der Waals surface area contributed by atoms with Crippen LogP contribution >= 0.6 is 0 Å². The Kier molecular flexibility index (Phi) is 2.68. The molecule has 16 heavy (non-hydrogen) atoms. The summed E-state index contributed by atoms with van der Waals surface area (Å²) in [5, 5.41) is 3.24. The molecule has 1 aromatic heterocycles. The van der Waals surface area contributed by atoms with Gasteiger partial charge in [-0.05, 0) is 24.3 Å². The molecule has 0 aliphatic heterocycles. The number of nitrogens with zero attached hydrogens (tertiary/aromatic N) is 1. The van der Waals surface area contributed by atoms with E-state index in [1.54, 1.807) is 7.05 Å². The van der Waals surface area contributed by atoms with Gasteiger partial charge in [0.2, 0.25) is 0 Å². The van der Waals surface area contributed by atoms with E-state index in [0.717, 1.165) is 0 Å². The molecular weight excluding hydrogens is 217 g/mol. The Hall–Kier alpha value is -1.78. The molecule has 1 aromatic carbocycles. The fourth-order valence-electron chi connectivity index (χ4n) is 1.54. The zero-order valence-corrected chi connectivity index (χ0v) is 8.47. The average molecular weight is 226 g/mol. The highest BCUT2D eigenvalue weighted by atomic mass is 19.3. The van der Waals surface area contributed by atoms with E-state index in [2.05, 4.69) is 10.3 Å². The number of rotatable bonds is 2. The van der Waals surface area contributed by atoms with E-state index in [0.29, 0.717) is 16.6 Å². The minimum Gasteiger partial charge on any atom is -0.388 e. The second kappa shape index (κ2) is 4.00. The first kappa shape index (κ1) is 10.7. The zero-order chi connectivity index (χ0) is 11.7. The maximum absolute atomic E-state index is 13.0. The largest absolute Gasteiger partial charge is 0.388 e. The number of hydrogen-bond acceptors (Lipinski definition) is 2. The van der Waals surface area contributed by atoms with E-state index in [-0.39, 0.29) is 5.69 Å². The Labute approximate surface area is 90.1 Å². The highest BCUT2D eigenvalue weighted by Crippen LogP contribution is 2.27. The monoisotopic (exact) mass is 226 g/mol. The number of nitrogens with one attached hydrogen (secondary N) is 1. The summed E-state index contributed by atoms with van der Waals surface area (Å²) in [4.78, 5) is 3.77. The molecule has 0 amide bonds. The molecule has 0 aliphatic carbocycles. The highest BCUT2D eigenvalue weighted by molar-refractivity contribution is 5.91. The third kappa shape index (κ3) is 1.80. The molecule has 0 saturated heterocycles. The summed E-state index contributed by atoms with van der Waals surface area (Å²) in [6.07, 6.45) is -2.64. The lowest BCUT2D eigenvalue weighted by molar-refractivity contribution is 0.146. The van der Waals surface area contributed by atoms with E-state index in [9.17, 15) is 13.2 Å². The van der Waals surface area contributed by atoms with Crippen molar-refractivity contribution in [3.63, 3.8) is 0 Å². The Morgan fingerprint density at radius 1 is 1.25 bits per heavy atom. The number of benzene rings is 1. The van der Waals surface area contributed by atoms with Crippen LogP contribution in [0.4, 0.5) is 18.9 Å². The molecule has 0 spiro atoms. The van der Waals surface area contributed by atoms with Gasteiger partial charge in [-0.1, -0.05) is 0 Å². The summed E-state index contributed by atoms with van der Waals surface area (Å²) < 4.78 is 38.1. The summed E-state index contributed by atoms with van der Waals surface area (Å²) in [6.45, 7) is 0. The van der Waals surface area contributed by atoms with Gasteiger partial charge in [0.25, 0.3) is 6.43 Å². The predicted molar refractivity (Wildman–Crippen MR) is 56.2 cm³/mol. The van der Waals surface area contributed by atoms with Crippen molar-refractivity contribution >= 4 is 16.6 Å². The number of fused-ring (bicyclic) bond motifs is 1. The molecule has 0 unspecified atom stereocenters. The molecular formula is C11H9F3N2. The van der Waals surface area contributed by atoms with Gasteiger partial charge in [0.05, 0.1) is 5.52 Å². The van der Waals surface area contributed by atoms with E-state index in [1.807, 2.05) is 0 Å². The van der Waals surface area contributed by atoms with Crippen LogP contribution in [0, 0.1) is 5.82 Å². The van der Waals surface area contributed by atoms with Crippen molar-refractivity contribution in [3.05, 3.63) is 35.8 Å². The minimum atomic E-state index is -2.64. The molecule has 2 aromatic rings. The van der Waals surface area contributed by atoms with Crippen molar-refractivity contribution < 1.29 is 13.2 Å². The average Bonchev–Trinajstić information content (AvgIpc) is 2.27. The SMILES string of the molecule is CNc1cc(C(F)F)nc2ccc(F)cc12. The van der Waals surface area contributed by atoms with Gasteiger partial charge in [0.1, 0.15) is 11.5 Å². The lowest BCUT2D eigenvalue weighted by Crippen LogP contribution is -1.97. The molecule has 0 saturated carbocycles. The minimum absolute atomic E-state index is 0.316. The lowest BCUT2D eigenvalue weighted by atomic mass is 10.1. The van der Waals surface area contributed by atoms with Gasteiger partial charge >= 0.3 is 0 Å². The van der Waals surface area contributed by atoms with Crippen LogP contribution in [-0.2, 0) is 0 Å². The Bertz CT molecular complexity index is 526. The first-order valence-corrected chi connectivity index (χ1v) is 4.68. The van der Waals surface area contributed by atoms with E-state index in [4.69, 9.17) is 0 Å². The summed E-state index contributed by atoms with van der Waals surface area (Å²) in [6, 6.07) is 5.08. The maximum atomic E-state index is 13.0. The molecule has 0 bridgehead atoms. The standard InChI is InChI=1S/C11H9F3N2/c1-15-9-5-10(11(13)14)16-8-3-2-6(12)4-7(8)9/h2-5,11H,1H3,(H,15,16). The van der Waals surface area contributed by atoms with Crippen molar-refractivity contribution in [2.75, 3.05) is 12.4 Å². The van der Waals surface area contributed by atoms with Gasteiger partial charge in [0.15, 0.2) is 0 Å². The first-order chi connectivity index (χ1) is 7.61. The first-order valence-electron chi connectivity index (χ1n) is 4.68. The van der Waals surface area contributed by atoms with Crippen molar-refractivity contribution in [1.29, 1.82) is 0 Å². The molecule has 0 atom stereocenters. The highest BCUT2D eigenvalue weighted by Gasteiger charge is 2.12. The third-order valence-electron chi connectivity index (χ3n) is 2.28. The number of hydrogen-bond donors (Lipinski definition) is 1. The normalized spacial score (nSPS) is 11.1. The van der Waals surface area contributed by atoms with Crippen molar-refractivity contribution in [2.45, 2.75) is 6.43 Å². The number of pyridine rings is 1. The summed E-state index contributed by atoms with van der Waals surface area (Å²) in [5.74, 6) is -0.421. The van der Waals surface area contributed by atoms with Gasteiger partial charge in [-0.15, -0.1) is 0 Å². The zero-order valence-electron chi connectivity index (χ0n) is 8.47. The predicted octanol–water partition coefficient (Wildman–Crippen LogP) is 3.35. The molecule has 84 valence electrons. The smallest absolute Gasteiger partial charge is 0.280 e. The van der Waals surface area contributed by atoms with E-state index >= 15 is 0 Å². The Morgan fingerprint density at radius 3 is 2.62 bits per heavy atom. The van der Waals surface area contributed by atoms with Crippen molar-refractivity contribution in [1.82, 2.24) is 4.98 Å². The van der Waals surface area contributed by atoms with Crippen LogP contribution in [0.2, 0.25) is 0 Å². The Balaban J connectivity index is 2.73. The molecule has 0 radical (unpaired) electrons. The van der Waals surface area contributed by atoms with E-state index in [1.165, 1.54) is 24.3 Å². The van der Waals surface area contributed by atoms with Crippen LogP contribution in [-0.4, -0.2) is 12.0 Å². The van der Waals surface area contributed by atoms with Crippen LogP contribution in [0.1, 0.15) is 12.1 Å². The quantitative estimate of drug-likeness (QED) is 0.849. The van der Waals surface area contributed by atoms with Crippen LogP contribution in [0.25, 0.3) is 10.9 Å². The second-order valence-electron chi connectivity index (χ2n) is 3.31. The van der Waals surface area contributed by atoms with Crippen LogP contribution in [0.15, 0.2) is 24.3 Å². The van der Waals surface area contributed by atoms with Gasteiger partial charge in [-0.2, -0.15) is 0 Å². The summed E-state index contributed by atoms with van der Waals surface area (Å²) in [7, 11) is 1.59. The lowest BCUT2D eigenvalue weighted by Gasteiger charge is -2.08. The molecule has 5 heteroatoms. The second-order valence-corrected chi connectivity index (χ2v) is 3.31. The number of anilines is 1. The van der Waals surface area contributed by atoms with Crippen LogP contribution in [0.5, 0.6) is 0 Å². The number of alkyl halides is 2. The Morgan fingerprint density at radius 2 is 2.00 bits per heavy atom. The molecule has 1 heterocycles.